The van der Waals surface area contributed by atoms with Crippen molar-refractivity contribution >= 4 is 53.1 Å². The summed E-state index contributed by atoms with van der Waals surface area (Å²) in [7, 11) is 1.90. The highest BCUT2D eigenvalue weighted by molar-refractivity contribution is 8.03. The zero-order valence-corrected chi connectivity index (χ0v) is 27.4. The predicted octanol–water partition coefficient (Wildman–Crippen LogP) is -0.509. The smallest absolute Gasteiger partial charge is 0.363 e. The van der Waals surface area contributed by atoms with E-state index in [4.69, 9.17) is 16.2 Å². The molecule has 1 aromatic carbocycles. The molecule has 4 aliphatic rings. The number of likely N-dealkylation sites (tertiary alicyclic amines) is 2. The van der Waals surface area contributed by atoms with Crippen molar-refractivity contribution in [2.45, 2.75) is 62.7 Å². The highest BCUT2D eigenvalue weighted by atomic mass is 32.2. The molecule has 5 rings (SSSR count). The lowest BCUT2D eigenvalue weighted by atomic mass is 9.79. The van der Waals surface area contributed by atoms with Gasteiger partial charge in [0.05, 0.1) is 34.7 Å². The number of aliphatic hydroxyl groups excluding tert-OH is 1. The molecule has 48 heavy (non-hydrogen) atoms. The lowest BCUT2D eigenvalue weighted by Gasteiger charge is -2.46. The molecular formula is C30H38N8O9S. The largest absolute Gasteiger partial charge is 0.393 e. The number of benzene rings is 1. The van der Waals surface area contributed by atoms with E-state index in [1.54, 1.807) is 4.90 Å². The van der Waals surface area contributed by atoms with Gasteiger partial charge in [-0.3, -0.25) is 29.4 Å². The van der Waals surface area contributed by atoms with Crippen LogP contribution in [0.5, 0.6) is 0 Å². The molecular weight excluding hydrogens is 648 g/mol. The fourth-order valence-electron chi connectivity index (χ4n) is 6.87. The number of aliphatic imine (C=N–C) groups is 1. The van der Waals surface area contributed by atoms with E-state index in [1.165, 1.54) is 35.7 Å². The topological polar surface area (TPSA) is 244 Å². The summed E-state index contributed by atoms with van der Waals surface area (Å²) in [6, 6.07) is 3.74. The molecule has 1 unspecified atom stereocenters. The Hall–Kier alpha value is -4.55. The van der Waals surface area contributed by atoms with Crippen molar-refractivity contribution in [1.82, 2.24) is 20.0 Å². The number of amides is 3. The molecule has 0 bridgehead atoms. The van der Waals surface area contributed by atoms with E-state index in [0.29, 0.717) is 30.8 Å². The van der Waals surface area contributed by atoms with Crippen molar-refractivity contribution in [2.24, 2.45) is 28.3 Å². The Morgan fingerprint density at radius 1 is 1.21 bits per heavy atom. The van der Waals surface area contributed by atoms with Gasteiger partial charge in [0.1, 0.15) is 12.2 Å². The molecule has 0 radical (unpaired) electrons. The summed E-state index contributed by atoms with van der Waals surface area (Å²) in [5, 5.41) is 24.0. The first-order valence-electron chi connectivity index (χ1n) is 15.4. The average Bonchev–Trinajstić information content (AvgIpc) is 3.49. The Labute approximate surface area is 279 Å². The number of β-lactam (4-membered cyclic amide) rings is 1. The summed E-state index contributed by atoms with van der Waals surface area (Å²) in [6.45, 7) is 4.11. The molecule has 18 heteroatoms. The number of rotatable bonds is 10. The van der Waals surface area contributed by atoms with Crippen LogP contribution in [-0.4, -0.2) is 117 Å². The Balaban J connectivity index is 1.29. The number of hydrogen-bond donors (Lipinski definition) is 4. The first-order chi connectivity index (χ1) is 22.7. The lowest BCUT2D eigenvalue weighted by molar-refractivity contribution is -0.384. The second-order valence-corrected chi connectivity index (χ2v) is 13.8. The third-order valence-corrected chi connectivity index (χ3v) is 10.7. The van der Waals surface area contributed by atoms with E-state index in [2.05, 4.69) is 10.3 Å². The number of nitrogens with zero attached hydrogens (tertiary/aromatic N) is 5. The number of nitro benzene ring substituents is 1. The Morgan fingerprint density at radius 3 is 2.50 bits per heavy atom. The highest BCUT2D eigenvalue weighted by Gasteiger charge is 2.60. The van der Waals surface area contributed by atoms with Gasteiger partial charge in [0.2, 0.25) is 17.7 Å². The van der Waals surface area contributed by atoms with Gasteiger partial charge in [0.25, 0.3) is 5.69 Å². The number of esters is 2. The maximum Gasteiger partial charge on any atom is 0.363 e. The average molecular weight is 687 g/mol. The SMILES string of the molecule is C[C@@H](O)[C@H]1C(=O)N2C(C(=O)OC(=O)c3ccc([N+](=O)[O-])cc3)=C(S[C@H]3CC(N4CC[C@H](NC(=O)CN=C(N)N)CC4=O)N(C)C3)[C@H](C)[C@H]12. The minimum absolute atomic E-state index is 0.0610. The molecule has 4 heterocycles. The molecule has 0 saturated carbocycles. The number of nitro groups is 1. The van der Waals surface area contributed by atoms with Crippen LogP contribution in [0.15, 0.2) is 39.9 Å². The van der Waals surface area contributed by atoms with E-state index in [0.717, 1.165) is 12.1 Å². The second-order valence-electron chi connectivity index (χ2n) is 12.4. The van der Waals surface area contributed by atoms with Crippen molar-refractivity contribution in [3.05, 3.63) is 50.5 Å². The van der Waals surface area contributed by atoms with Gasteiger partial charge in [0, 0.05) is 53.8 Å². The van der Waals surface area contributed by atoms with Gasteiger partial charge in [-0.2, -0.15) is 0 Å². The number of guanidine groups is 1. The summed E-state index contributed by atoms with van der Waals surface area (Å²) < 4.78 is 5.19. The fourth-order valence-corrected chi connectivity index (χ4v) is 8.45. The van der Waals surface area contributed by atoms with Crippen molar-refractivity contribution in [2.75, 3.05) is 26.7 Å². The summed E-state index contributed by atoms with van der Waals surface area (Å²) >= 11 is 1.39. The normalized spacial score (nSPS) is 27.7. The van der Waals surface area contributed by atoms with Crippen LogP contribution in [0.4, 0.5) is 5.69 Å². The maximum atomic E-state index is 13.6. The quantitative estimate of drug-likeness (QED) is 0.0462. The zero-order chi connectivity index (χ0) is 35.0. The van der Waals surface area contributed by atoms with Crippen LogP contribution in [0.3, 0.4) is 0 Å². The first-order valence-corrected chi connectivity index (χ1v) is 16.3. The fraction of sp³-hybridized carbons (Fsp3) is 0.533. The van der Waals surface area contributed by atoms with E-state index in [1.807, 2.05) is 18.9 Å². The van der Waals surface area contributed by atoms with Crippen LogP contribution in [0, 0.1) is 22.0 Å². The molecule has 6 N–H and O–H groups in total. The molecule has 0 aliphatic carbocycles. The van der Waals surface area contributed by atoms with Gasteiger partial charge in [-0.1, -0.05) is 6.92 Å². The van der Waals surface area contributed by atoms with Gasteiger partial charge in [0.15, 0.2) is 5.96 Å². The van der Waals surface area contributed by atoms with Gasteiger partial charge in [-0.05, 0) is 38.9 Å². The third kappa shape index (κ3) is 6.86. The number of aliphatic hydroxyl groups is 1. The van der Waals surface area contributed by atoms with Crippen molar-refractivity contribution in [1.29, 1.82) is 0 Å². The van der Waals surface area contributed by atoms with Crippen LogP contribution in [0.25, 0.3) is 0 Å². The van der Waals surface area contributed by atoms with Crippen molar-refractivity contribution in [3.63, 3.8) is 0 Å². The number of fused-ring (bicyclic) bond motifs is 1. The molecule has 17 nitrogen and oxygen atoms in total. The van der Waals surface area contributed by atoms with Gasteiger partial charge in [-0.25, -0.2) is 14.6 Å². The molecule has 1 aromatic rings. The van der Waals surface area contributed by atoms with Crippen molar-refractivity contribution in [3.8, 4) is 0 Å². The Kier molecular flexibility index (Phi) is 10.1. The Bertz CT molecular complexity index is 1580. The number of non-ortho nitro benzene ring substituents is 1. The number of carbonyl (C=O) groups is 5. The monoisotopic (exact) mass is 686 g/mol. The molecule has 3 fully saturated rings. The van der Waals surface area contributed by atoms with E-state index >= 15 is 0 Å². The van der Waals surface area contributed by atoms with E-state index in [9.17, 15) is 39.2 Å². The maximum absolute atomic E-state index is 13.6. The number of hydrogen-bond acceptors (Lipinski definition) is 12. The number of piperidine rings is 1. The molecule has 3 amide bonds. The summed E-state index contributed by atoms with van der Waals surface area (Å²) in [5.74, 6) is -4.30. The standard InChI is InChI=1S/C30H38N8O9S/c1-14-24-23(15(2)39)27(42)37(24)25(29(44)47-28(43)16-4-6-18(7-5-16)38(45)46)26(14)48-19-11-21(35(3)13-19)36-9-8-17(10-22(36)41)34-20(40)12-33-30(31)32/h4-7,14-15,17,19,21,23-24,39H,8-13H2,1-3H3,(H,34,40)(H4,31,32,33)/t14-,15-,17+,19+,21?,23-,24-/m1/s1. The predicted molar refractivity (Wildman–Crippen MR) is 171 cm³/mol. The summed E-state index contributed by atoms with van der Waals surface area (Å²) in [5.41, 5.74) is 10.2. The molecule has 7 atom stereocenters. The first kappa shape index (κ1) is 34.8. The number of carbonyl (C=O) groups excluding carboxylic acids is 5. The number of ether oxygens (including phenoxy) is 1. The summed E-state index contributed by atoms with van der Waals surface area (Å²) in [6.07, 6.45) is 0.0102. The Morgan fingerprint density at radius 2 is 1.90 bits per heavy atom. The van der Waals surface area contributed by atoms with Crippen LogP contribution in [0.1, 0.15) is 43.5 Å². The number of nitrogens with one attached hydrogen (secondary N) is 1. The lowest BCUT2D eigenvalue weighted by Crippen LogP contribution is -2.63. The highest BCUT2D eigenvalue weighted by Crippen LogP contribution is 2.52. The van der Waals surface area contributed by atoms with Crippen LogP contribution in [0.2, 0.25) is 0 Å². The van der Waals surface area contributed by atoms with Gasteiger partial charge in [-0.15, -0.1) is 11.8 Å². The zero-order valence-electron chi connectivity index (χ0n) is 26.6. The number of nitrogens with two attached hydrogens (primary N) is 2. The molecule has 0 spiro atoms. The van der Waals surface area contributed by atoms with E-state index in [-0.39, 0.29) is 71.1 Å². The van der Waals surface area contributed by atoms with Crippen LogP contribution >= 0.6 is 11.8 Å². The van der Waals surface area contributed by atoms with E-state index < -0.39 is 40.8 Å². The van der Waals surface area contributed by atoms with Gasteiger partial charge < -0.3 is 36.4 Å². The van der Waals surface area contributed by atoms with Crippen LogP contribution < -0.4 is 16.8 Å². The minimum Gasteiger partial charge on any atom is -0.393 e. The molecule has 3 saturated heterocycles. The van der Waals surface area contributed by atoms with Crippen LogP contribution in [-0.2, 0) is 23.9 Å². The molecule has 0 aromatic heterocycles. The summed E-state index contributed by atoms with van der Waals surface area (Å²) in [4.78, 5) is 84.6. The van der Waals surface area contributed by atoms with Crippen molar-refractivity contribution < 1.29 is 38.7 Å². The molecule has 4 aliphatic heterocycles. The second kappa shape index (κ2) is 13.9. The number of thioether (sulfide) groups is 1. The van der Waals surface area contributed by atoms with Gasteiger partial charge >= 0.3 is 11.9 Å². The minimum atomic E-state index is -1.03. The third-order valence-electron chi connectivity index (χ3n) is 9.16. The molecule has 258 valence electrons.